The van der Waals surface area contributed by atoms with Gasteiger partial charge in [-0.2, -0.15) is 4.31 Å². The molecule has 9 heteroatoms. The van der Waals surface area contributed by atoms with Crippen molar-refractivity contribution in [1.82, 2.24) is 4.31 Å². The lowest BCUT2D eigenvalue weighted by molar-refractivity contribution is -0.117. The summed E-state index contributed by atoms with van der Waals surface area (Å²) in [7, 11) is -2.58. The predicted octanol–water partition coefficient (Wildman–Crippen LogP) is 2.69. The van der Waals surface area contributed by atoms with Gasteiger partial charge in [0.25, 0.3) is 0 Å². The predicted molar refractivity (Wildman–Crippen MR) is 112 cm³/mol. The van der Waals surface area contributed by atoms with Crippen LogP contribution in [0.25, 0.3) is 0 Å². The number of nitrogens with zero attached hydrogens (tertiary/aromatic N) is 2. The Balaban J connectivity index is 1.76. The number of halogens is 1. The SMILES string of the molecule is CC(=O)N1CCCc2cc(S(=O)(=O)N(C)CC(=O)Nc3ccc(F)cc3C)ccc21. The Hall–Kier alpha value is -2.78. The quantitative estimate of drug-likeness (QED) is 0.786. The van der Waals surface area contributed by atoms with E-state index >= 15 is 0 Å². The van der Waals surface area contributed by atoms with E-state index in [0.29, 0.717) is 24.2 Å². The van der Waals surface area contributed by atoms with Crippen LogP contribution in [0.4, 0.5) is 15.8 Å². The molecule has 0 aliphatic carbocycles. The number of fused-ring (bicyclic) bond motifs is 1. The summed E-state index contributed by atoms with van der Waals surface area (Å²) in [5.41, 5.74) is 2.47. The molecule has 2 amide bonds. The number of carbonyl (C=O) groups is 2. The number of rotatable bonds is 5. The zero-order chi connectivity index (χ0) is 22.1. The number of carbonyl (C=O) groups excluding carboxylic acids is 2. The van der Waals surface area contributed by atoms with Crippen molar-refractivity contribution in [3.05, 3.63) is 53.3 Å². The number of sulfonamides is 1. The summed E-state index contributed by atoms with van der Waals surface area (Å²) in [5.74, 6) is -1.03. The molecule has 2 aromatic carbocycles. The molecule has 0 fully saturated rings. The zero-order valence-corrected chi connectivity index (χ0v) is 17.9. The molecule has 0 radical (unpaired) electrons. The van der Waals surface area contributed by atoms with Gasteiger partial charge in [0.05, 0.1) is 11.4 Å². The molecule has 1 heterocycles. The highest BCUT2D eigenvalue weighted by Crippen LogP contribution is 2.30. The van der Waals surface area contributed by atoms with Crippen LogP contribution in [0.15, 0.2) is 41.3 Å². The van der Waals surface area contributed by atoms with Crippen molar-refractivity contribution in [3.8, 4) is 0 Å². The lowest BCUT2D eigenvalue weighted by Gasteiger charge is -2.29. The Morgan fingerprint density at radius 3 is 2.60 bits per heavy atom. The van der Waals surface area contributed by atoms with Gasteiger partial charge in [0.2, 0.25) is 21.8 Å². The molecular formula is C21H24FN3O4S. The van der Waals surface area contributed by atoms with Crippen molar-refractivity contribution in [3.63, 3.8) is 0 Å². The maximum absolute atomic E-state index is 13.2. The molecule has 1 aliphatic heterocycles. The highest BCUT2D eigenvalue weighted by atomic mass is 32.2. The molecule has 0 atom stereocenters. The molecule has 3 rings (SSSR count). The van der Waals surface area contributed by atoms with Gasteiger partial charge in [0.1, 0.15) is 5.82 Å². The van der Waals surface area contributed by atoms with Crippen LogP contribution >= 0.6 is 0 Å². The van der Waals surface area contributed by atoms with E-state index in [4.69, 9.17) is 0 Å². The summed E-state index contributed by atoms with van der Waals surface area (Å²) in [4.78, 5) is 25.8. The summed E-state index contributed by atoms with van der Waals surface area (Å²) < 4.78 is 40.1. The van der Waals surface area contributed by atoms with Crippen molar-refractivity contribution in [2.24, 2.45) is 0 Å². The van der Waals surface area contributed by atoms with Gasteiger partial charge in [-0.1, -0.05) is 0 Å². The molecule has 30 heavy (non-hydrogen) atoms. The topological polar surface area (TPSA) is 86.8 Å². The summed E-state index contributed by atoms with van der Waals surface area (Å²) in [6.45, 7) is 3.35. The smallest absolute Gasteiger partial charge is 0.243 e. The van der Waals surface area contributed by atoms with Gasteiger partial charge in [-0.3, -0.25) is 9.59 Å². The first-order valence-corrected chi connectivity index (χ1v) is 11.0. The highest BCUT2D eigenvalue weighted by molar-refractivity contribution is 7.89. The molecule has 1 N–H and O–H groups in total. The highest BCUT2D eigenvalue weighted by Gasteiger charge is 2.26. The van der Waals surface area contributed by atoms with E-state index in [0.717, 1.165) is 22.0 Å². The molecule has 0 saturated heterocycles. The second kappa shape index (κ2) is 8.53. The van der Waals surface area contributed by atoms with Crippen molar-refractivity contribution in [2.75, 3.05) is 30.4 Å². The van der Waals surface area contributed by atoms with Gasteiger partial charge >= 0.3 is 0 Å². The third kappa shape index (κ3) is 4.52. The zero-order valence-electron chi connectivity index (χ0n) is 17.1. The number of nitrogens with one attached hydrogen (secondary N) is 1. The molecule has 1 aliphatic rings. The number of likely N-dealkylation sites (N-methyl/N-ethyl adjacent to an activating group) is 1. The summed E-state index contributed by atoms with van der Waals surface area (Å²) in [6.07, 6.45) is 1.43. The van der Waals surface area contributed by atoms with E-state index in [9.17, 15) is 22.4 Å². The molecule has 0 spiro atoms. The maximum atomic E-state index is 13.2. The fraction of sp³-hybridized carbons (Fsp3) is 0.333. The fourth-order valence-electron chi connectivity index (χ4n) is 3.49. The van der Waals surface area contributed by atoms with Crippen LogP contribution in [0.1, 0.15) is 24.5 Å². The van der Waals surface area contributed by atoms with Gasteiger partial charge in [-0.05, 0) is 67.3 Å². The second-order valence-corrected chi connectivity index (χ2v) is 9.38. The monoisotopic (exact) mass is 433 g/mol. The van der Waals surface area contributed by atoms with Crippen molar-refractivity contribution < 1.29 is 22.4 Å². The minimum atomic E-state index is -3.91. The first-order chi connectivity index (χ1) is 14.1. The summed E-state index contributed by atoms with van der Waals surface area (Å²) >= 11 is 0. The van der Waals surface area contributed by atoms with Crippen LogP contribution in [0, 0.1) is 12.7 Å². The van der Waals surface area contributed by atoms with Gasteiger partial charge in [-0.25, -0.2) is 12.8 Å². The second-order valence-electron chi connectivity index (χ2n) is 7.33. The standard InChI is InChI=1S/C21H24FN3O4S/c1-14-11-17(22)6-8-19(14)23-21(27)13-24(3)30(28,29)18-7-9-20-16(12-18)5-4-10-25(20)15(2)26/h6-9,11-12H,4-5,10,13H2,1-3H3,(H,23,27). The Morgan fingerprint density at radius 2 is 1.93 bits per heavy atom. The number of hydrogen-bond donors (Lipinski definition) is 1. The van der Waals surface area contributed by atoms with E-state index in [1.807, 2.05) is 0 Å². The van der Waals surface area contributed by atoms with Crippen LogP contribution < -0.4 is 10.2 Å². The molecule has 160 valence electrons. The third-order valence-electron chi connectivity index (χ3n) is 5.09. The van der Waals surface area contributed by atoms with E-state index in [2.05, 4.69) is 5.32 Å². The van der Waals surface area contributed by atoms with Gasteiger partial charge in [-0.15, -0.1) is 0 Å². The largest absolute Gasteiger partial charge is 0.325 e. The van der Waals surface area contributed by atoms with E-state index in [-0.39, 0.29) is 10.8 Å². The van der Waals surface area contributed by atoms with Gasteiger partial charge in [0.15, 0.2) is 0 Å². The molecule has 7 nitrogen and oxygen atoms in total. The minimum absolute atomic E-state index is 0.0694. The van der Waals surface area contributed by atoms with Gasteiger partial charge < -0.3 is 10.2 Å². The van der Waals surface area contributed by atoms with E-state index in [1.54, 1.807) is 24.0 Å². The normalized spacial score (nSPS) is 13.8. The van der Waals surface area contributed by atoms with Crippen LogP contribution in [0.5, 0.6) is 0 Å². The average Bonchev–Trinajstić information content (AvgIpc) is 2.69. The Kier molecular flexibility index (Phi) is 6.23. The molecule has 0 unspecified atom stereocenters. The molecule has 2 aromatic rings. The molecule has 0 aromatic heterocycles. The fourth-order valence-corrected chi connectivity index (χ4v) is 4.66. The Labute approximate surface area is 175 Å². The first kappa shape index (κ1) is 21.9. The van der Waals surface area contributed by atoms with Gasteiger partial charge in [0, 0.05) is 31.9 Å². The van der Waals surface area contributed by atoms with Crippen molar-refractivity contribution in [1.29, 1.82) is 0 Å². The van der Waals surface area contributed by atoms with E-state index < -0.39 is 28.3 Å². The average molecular weight is 434 g/mol. The van der Waals surface area contributed by atoms with Crippen LogP contribution in [0.2, 0.25) is 0 Å². The number of anilines is 2. The lowest BCUT2D eigenvalue weighted by atomic mass is 10.0. The van der Waals surface area contributed by atoms with E-state index in [1.165, 1.54) is 38.2 Å². The van der Waals surface area contributed by atoms with Crippen LogP contribution in [0.3, 0.4) is 0 Å². The van der Waals surface area contributed by atoms with Crippen LogP contribution in [-0.2, 0) is 26.0 Å². The van der Waals surface area contributed by atoms with Crippen LogP contribution in [-0.4, -0.2) is 44.7 Å². The number of aryl methyl sites for hydroxylation is 2. The lowest BCUT2D eigenvalue weighted by Crippen LogP contribution is -2.36. The number of amides is 2. The number of benzene rings is 2. The molecule has 0 bridgehead atoms. The van der Waals surface area contributed by atoms with Crippen molar-refractivity contribution in [2.45, 2.75) is 31.6 Å². The Morgan fingerprint density at radius 1 is 1.20 bits per heavy atom. The minimum Gasteiger partial charge on any atom is -0.325 e. The van der Waals surface area contributed by atoms with Crippen molar-refractivity contribution >= 4 is 33.2 Å². The molecular weight excluding hydrogens is 409 g/mol. The molecule has 0 saturated carbocycles. The third-order valence-corrected chi connectivity index (χ3v) is 6.89. The summed E-state index contributed by atoms with van der Waals surface area (Å²) in [5, 5.41) is 2.60. The Bertz CT molecular complexity index is 1100. The first-order valence-electron chi connectivity index (χ1n) is 9.53. The number of hydrogen-bond acceptors (Lipinski definition) is 4. The maximum Gasteiger partial charge on any atom is 0.243 e. The summed E-state index contributed by atoms with van der Waals surface area (Å²) in [6, 6.07) is 8.60.